The first-order valence-electron chi connectivity index (χ1n) is 7.36. The number of aliphatic carboxylic acids is 2. The number of amides is 3. The third-order valence-electron chi connectivity index (χ3n) is 3.08. The van der Waals surface area contributed by atoms with Crippen LogP contribution in [0.25, 0.3) is 0 Å². The molecule has 0 aliphatic rings. The Morgan fingerprint density at radius 1 is 1.22 bits per heavy atom. The highest BCUT2D eigenvalue weighted by Crippen LogP contribution is 2.18. The number of aliphatic hydroxyl groups is 1. The molecular formula is C14H22N4O8S. The molecule has 0 aliphatic heterocycles. The van der Waals surface area contributed by atoms with E-state index in [9.17, 15) is 29.1 Å². The number of aliphatic hydroxyl groups excluding tert-OH is 1. The maximum atomic E-state index is 12.3. The van der Waals surface area contributed by atoms with Crippen molar-refractivity contribution in [3.8, 4) is 0 Å². The van der Waals surface area contributed by atoms with E-state index < -0.39 is 53.2 Å². The lowest BCUT2D eigenvalue weighted by molar-refractivity contribution is -0.138. The number of hydrogen-bond donors (Lipinski definition) is 7. The van der Waals surface area contributed by atoms with Crippen molar-refractivity contribution in [3.63, 3.8) is 0 Å². The number of thioether (sulfide) groups is 1. The minimum absolute atomic E-state index is 0.302. The summed E-state index contributed by atoms with van der Waals surface area (Å²) >= 11 is 0.640. The van der Waals surface area contributed by atoms with Crippen molar-refractivity contribution >= 4 is 41.4 Å². The van der Waals surface area contributed by atoms with E-state index in [1.54, 1.807) is 0 Å². The van der Waals surface area contributed by atoms with Crippen LogP contribution in [-0.4, -0.2) is 74.3 Å². The number of carbonyl (C=O) groups excluding carboxylic acids is 3. The fourth-order valence-electron chi connectivity index (χ4n) is 1.53. The third-order valence-corrected chi connectivity index (χ3v) is 4.48. The molecule has 2 unspecified atom stereocenters. The molecule has 0 bridgehead atoms. The van der Waals surface area contributed by atoms with Crippen LogP contribution in [0, 0.1) is 0 Å². The van der Waals surface area contributed by atoms with Gasteiger partial charge in [0.05, 0.1) is 0 Å². The van der Waals surface area contributed by atoms with Crippen LogP contribution in [-0.2, 0) is 19.2 Å². The summed E-state index contributed by atoms with van der Waals surface area (Å²) in [6.07, 6.45) is 0. The molecule has 0 spiro atoms. The second kappa shape index (κ2) is 10.5. The highest BCUT2D eigenvalue weighted by molar-refractivity contribution is 8.00. The van der Waals surface area contributed by atoms with Gasteiger partial charge in [0.15, 0.2) is 11.2 Å². The SMILES string of the molecule is C=C(NC(=O)NC(C)(CSC(O)C(C)=O)C(=O)NCC(=O)O)[C@H](N)C(=O)O. The fraction of sp³-hybridized carbons (Fsp3) is 0.500. The molecule has 0 heterocycles. The summed E-state index contributed by atoms with van der Waals surface area (Å²) in [6, 6.07) is -2.63. The average molecular weight is 406 g/mol. The molecule has 0 aliphatic carbocycles. The van der Waals surface area contributed by atoms with E-state index in [4.69, 9.17) is 15.9 Å². The summed E-state index contributed by atoms with van der Waals surface area (Å²) in [7, 11) is 0. The zero-order chi connectivity index (χ0) is 21.4. The Labute approximate surface area is 158 Å². The number of Topliss-reactive ketones (excluding diaryl/α,β-unsaturated/α-hetero) is 1. The lowest BCUT2D eigenvalue weighted by Gasteiger charge is -2.30. The van der Waals surface area contributed by atoms with Crippen molar-refractivity contribution < 1.29 is 39.3 Å². The minimum atomic E-state index is -1.76. The molecule has 0 saturated heterocycles. The Morgan fingerprint density at radius 3 is 2.22 bits per heavy atom. The van der Waals surface area contributed by atoms with Gasteiger partial charge in [-0.1, -0.05) is 6.58 Å². The van der Waals surface area contributed by atoms with Crippen LogP contribution < -0.4 is 21.7 Å². The molecular weight excluding hydrogens is 384 g/mol. The second-order valence-corrected chi connectivity index (χ2v) is 6.67. The predicted molar refractivity (Wildman–Crippen MR) is 94.6 cm³/mol. The second-order valence-electron chi connectivity index (χ2n) is 5.60. The van der Waals surface area contributed by atoms with Gasteiger partial charge >= 0.3 is 18.0 Å². The van der Waals surface area contributed by atoms with Gasteiger partial charge in [-0.15, -0.1) is 11.8 Å². The molecule has 13 heteroatoms. The molecule has 3 amide bonds. The number of carboxylic acid groups (broad SMARTS) is 2. The van der Waals surface area contributed by atoms with Crippen molar-refractivity contribution in [1.29, 1.82) is 0 Å². The molecule has 0 aromatic rings. The molecule has 0 saturated carbocycles. The van der Waals surface area contributed by atoms with Crippen LogP contribution in [0.3, 0.4) is 0 Å². The van der Waals surface area contributed by atoms with Crippen LogP contribution in [0.4, 0.5) is 4.79 Å². The van der Waals surface area contributed by atoms with Gasteiger partial charge in [-0.2, -0.15) is 0 Å². The molecule has 0 rings (SSSR count). The van der Waals surface area contributed by atoms with Crippen molar-refractivity contribution in [2.45, 2.75) is 30.9 Å². The smallest absolute Gasteiger partial charge is 0.326 e. The van der Waals surface area contributed by atoms with E-state index >= 15 is 0 Å². The monoisotopic (exact) mass is 406 g/mol. The number of nitrogens with one attached hydrogen (secondary N) is 3. The van der Waals surface area contributed by atoms with E-state index in [0.29, 0.717) is 11.8 Å². The van der Waals surface area contributed by atoms with Crippen LogP contribution in [0.2, 0.25) is 0 Å². The summed E-state index contributed by atoms with van der Waals surface area (Å²) in [5, 5.41) is 33.3. The summed E-state index contributed by atoms with van der Waals surface area (Å²) in [6.45, 7) is 4.92. The Kier molecular flexibility index (Phi) is 9.47. The number of urea groups is 1. The molecule has 8 N–H and O–H groups in total. The zero-order valence-electron chi connectivity index (χ0n) is 14.6. The van der Waals surface area contributed by atoms with Gasteiger partial charge in [-0.05, 0) is 13.8 Å². The summed E-state index contributed by atoms with van der Waals surface area (Å²) < 4.78 is 0. The molecule has 152 valence electrons. The summed E-state index contributed by atoms with van der Waals surface area (Å²) in [4.78, 5) is 56.8. The summed E-state index contributed by atoms with van der Waals surface area (Å²) in [5.41, 5.74) is 1.71. The van der Waals surface area contributed by atoms with E-state index in [2.05, 4.69) is 22.5 Å². The normalized spacial score (nSPS) is 14.8. The van der Waals surface area contributed by atoms with Gasteiger partial charge in [0.1, 0.15) is 18.1 Å². The largest absolute Gasteiger partial charge is 0.480 e. The first kappa shape index (κ1) is 24.4. The lowest BCUT2D eigenvalue weighted by atomic mass is 10.0. The van der Waals surface area contributed by atoms with Gasteiger partial charge in [-0.25, -0.2) is 4.79 Å². The number of carbonyl (C=O) groups is 5. The van der Waals surface area contributed by atoms with Crippen LogP contribution in [0.5, 0.6) is 0 Å². The quantitative estimate of drug-likeness (QED) is 0.184. The zero-order valence-corrected chi connectivity index (χ0v) is 15.5. The summed E-state index contributed by atoms with van der Waals surface area (Å²) in [5.74, 6) is -4.56. The maximum Gasteiger partial charge on any atom is 0.326 e. The van der Waals surface area contributed by atoms with E-state index in [0.717, 1.165) is 6.92 Å². The molecule has 0 radical (unpaired) electrons. The van der Waals surface area contributed by atoms with Crippen LogP contribution in [0.1, 0.15) is 13.8 Å². The topological polar surface area (TPSA) is 208 Å². The van der Waals surface area contributed by atoms with Crippen LogP contribution in [0.15, 0.2) is 12.3 Å². The Morgan fingerprint density at radius 2 is 1.78 bits per heavy atom. The van der Waals surface area contributed by atoms with Gasteiger partial charge in [0.2, 0.25) is 5.91 Å². The van der Waals surface area contributed by atoms with Crippen molar-refractivity contribution in [3.05, 3.63) is 12.3 Å². The molecule has 12 nitrogen and oxygen atoms in total. The molecule has 0 aromatic carbocycles. The Bertz CT molecular complexity index is 641. The number of ketones is 1. The Hall–Kier alpha value is -2.64. The average Bonchev–Trinajstić information content (AvgIpc) is 2.55. The third kappa shape index (κ3) is 8.52. The highest BCUT2D eigenvalue weighted by atomic mass is 32.2. The Balaban J connectivity index is 5.21. The van der Waals surface area contributed by atoms with E-state index in [1.807, 2.05) is 0 Å². The standard InChI is InChI=1S/C14H22N4O8S/c1-6(9(15)10(22)23)17-13(26)18-14(3,5-27-11(24)7(2)19)12(25)16-4-8(20)21/h9,11,24H,1,4-5,15H2,2-3H3,(H,16,25)(H,20,21)(H,22,23)(H2,17,18,26)/t9-,11?,14?/m0/s1. The number of rotatable bonds is 11. The van der Waals surface area contributed by atoms with Gasteiger partial charge in [0, 0.05) is 11.4 Å². The number of hydrogen-bond acceptors (Lipinski definition) is 8. The highest BCUT2D eigenvalue weighted by Gasteiger charge is 2.36. The van der Waals surface area contributed by atoms with Crippen molar-refractivity contribution in [2.24, 2.45) is 5.73 Å². The van der Waals surface area contributed by atoms with Gasteiger partial charge in [0.25, 0.3) is 0 Å². The van der Waals surface area contributed by atoms with Crippen LogP contribution >= 0.6 is 11.8 Å². The number of nitrogens with two attached hydrogens (primary N) is 1. The minimum Gasteiger partial charge on any atom is -0.480 e. The first-order chi connectivity index (χ1) is 12.3. The van der Waals surface area contributed by atoms with Crippen molar-refractivity contribution in [1.82, 2.24) is 16.0 Å². The van der Waals surface area contributed by atoms with E-state index in [1.165, 1.54) is 6.92 Å². The predicted octanol–water partition coefficient (Wildman–Crippen LogP) is -2.19. The fourth-order valence-corrected chi connectivity index (χ4v) is 2.46. The first-order valence-corrected chi connectivity index (χ1v) is 8.41. The molecule has 0 aromatic heterocycles. The number of carboxylic acids is 2. The maximum absolute atomic E-state index is 12.3. The molecule has 3 atom stereocenters. The van der Waals surface area contributed by atoms with Gasteiger partial charge in [-0.3, -0.25) is 19.2 Å². The van der Waals surface area contributed by atoms with E-state index in [-0.39, 0.29) is 11.4 Å². The van der Waals surface area contributed by atoms with Crippen molar-refractivity contribution in [2.75, 3.05) is 12.3 Å². The van der Waals surface area contributed by atoms with Gasteiger partial charge < -0.3 is 37.0 Å². The lowest BCUT2D eigenvalue weighted by Crippen LogP contribution is -2.61. The molecule has 0 fully saturated rings. The molecule has 27 heavy (non-hydrogen) atoms.